The molecule has 0 spiro atoms. The molecule has 0 fully saturated rings. The van der Waals surface area contributed by atoms with Crippen LogP contribution in [0.4, 0.5) is 11.4 Å². The van der Waals surface area contributed by atoms with E-state index in [1.807, 2.05) is 37.3 Å². The first-order chi connectivity index (χ1) is 16.5. The van der Waals surface area contributed by atoms with E-state index in [0.717, 1.165) is 10.0 Å². The van der Waals surface area contributed by atoms with Crippen molar-refractivity contribution in [2.75, 3.05) is 17.2 Å². The van der Waals surface area contributed by atoms with Crippen molar-refractivity contribution in [2.24, 2.45) is 5.10 Å². The van der Waals surface area contributed by atoms with Crippen LogP contribution in [0.25, 0.3) is 0 Å². The Morgan fingerprint density at radius 1 is 0.941 bits per heavy atom. The van der Waals surface area contributed by atoms with Gasteiger partial charge in [0.2, 0.25) is 0 Å². The zero-order chi connectivity index (χ0) is 24.3. The summed E-state index contributed by atoms with van der Waals surface area (Å²) in [6, 6.07) is 21.4. The minimum Gasteiger partial charge on any atom is -0.483 e. The Morgan fingerprint density at radius 3 is 2.44 bits per heavy atom. The quantitative estimate of drug-likeness (QED) is 0.235. The van der Waals surface area contributed by atoms with Crippen LogP contribution in [0.1, 0.15) is 18.1 Å². The van der Waals surface area contributed by atoms with Crippen molar-refractivity contribution in [1.29, 1.82) is 0 Å². The number of halogens is 1. The number of aryl methyl sites for hydroxylation is 1. The Balaban J connectivity index is 1.58. The van der Waals surface area contributed by atoms with Crippen molar-refractivity contribution < 1.29 is 19.1 Å². The molecule has 0 unspecified atom stereocenters. The lowest BCUT2D eigenvalue weighted by Gasteiger charge is -2.10. The van der Waals surface area contributed by atoms with E-state index in [1.54, 1.807) is 42.5 Å². The molecular formula is C25H23BrN4O4. The number of hydrogen-bond donors (Lipinski definition) is 3. The number of anilines is 2. The lowest BCUT2D eigenvalue weighted by Crippen LogP contribution is -2.32. The SMILES string of the molecule is CCc1ccccc1NC(=O)C(=O)N/N=C\c1cc(Br)ccc1OCC(=O)Nc1ccccc1. The van der Waals surface area contributed by atoms with E-state index in [4.69, 9.17) is 4.74 Å². The van der Waals surface area contributed by atoms with Crippen molar-refractivity contribution in [1.82, 2.24) is 5.43 Å². The van der Waals surface area contributed by atoms with E-state index in [9.17, 15) is 14.4 Å². The molecule has 3 rings (SSSR count). The Bertz CT molecular complexity index is 1200. The van der Waals surface area contributed by atoms with E-state index in [1.165, 1.54) is 6.21 Å². The zero-order valence-corrected chi connectivity index (χ0v) is 20.0. The van der Waals surface area contributed by atoms with Gasteiger partial charge in [-0.25, -0.2) is 5.43 Å². The molecule has 0 bridgehead atoms. The summed E-state index contributed by atoms with van der Waals surface area (Å²) in [6.07, 6.45) is 2.05. The first-order valence-electron chi connectivity index (χ1n) is 10.5. The molecule has 0 aliphatic rings. The number of nitrogens with one attached hydrogen (secondary N) is 3. The summed E-state index contributed by atoms with van der Waals surface area (Å²) >= 11 is 3.37. The third-order valence-electron chi connectivity index (χ3n) is 4.61. The number of hydrazone groups is 1. The summed E-state index contributed by atoms with van der Waals surface area (Å²) in [5.41, 5.74) is 4.85. The zero-order valence-electron chi connectivity index (χ0n) is 18.4. The van der Waals surface area contributed by atoms with Gasteiger partial charge in [0, 0.05) is 21.4 Å². The number of nitrogens with zero attached hydrogens (tertiary/aromatic N) is 1. The lowest BCUT2D eigenvalue weighted by molar-refractivity contribution is -0.136. The molecule has 3 N–H and O–H groups in total. The topological polar surface area (TPSA) is 109 Å². The van der Waals surface area contributed by atoms with E-state index < -0.39 is 11.8 Å². The fraction of sp³-hybridized carbons (Fsp3) is 0.120. The summed E-state index contributed by atoms with van der Waals surface area (Å²) in [7, 11) is 0. The summed E-state index contributed by atoms with van der Waals surface area (Å²) in [6.45, 7) is 1.74. The standard InChI is InChI=1S/C25H23BrN4O4/c1-2-17-8-6-7-11-21(17)29-24(32)25(33)30-27-15-18-14-19(26)12-13-22(18)34-16-23(31)28-20-9-4-3-5-10-20/h3-15H,2,16H2,1H3,(H,28,31)(H,29,32)(H,30,33)/b27-15-. The van der Waals surface area contributed by atoms with Gasteiger partial charge in [-0.1, -0.05) is 59.3 Å². The van der Waals surface area contributed by atoms with Gasteiger partial charge >= 0.3 is 11.8 Å². The largest absolute Gasteiger partial charge is 0.483 e. The molecule has 3 aromatic rings. The van der Waals surface area contributed by atoms with E-state index in [-0.39, 0.29) is 12.5 Å². The Morgan fingerprint density at radius 2 is 1.68 bits per heavy atom. The summed E-state index contributed by atoms with van der Waals surface area (Å²) in [4.78, 5) is 36.5. The molecule has 3 amide bonds. The molecule has 0 aliphatic carbocycles. The Labute approximate surface area is 205 Å². The maximum Gasteiger partial charge on any atom is 0.329 e. The number of carbonyl (C=O) groups excluding carboxylic acids is 3. The van der Waals surface area contributed by atoms with Crippen molar-refractivity contribution in [3.05, 3.63) is 88.4 Å². The normalized spacial score (nSPS) is 10.5. The number of carbonyl (C=O) groups is 3. The van der Waals surface area contributed by atoms with Crippen LogP contribution in [-0.2, 0) is 20.8 Å². The number of rotatable bonds is 8. The van der Waals surface area contributed by atoms with E-state index in [2.05, 4.69) is 37.1 Å². The van der Waals surface area contributed by atoms with E-state index in [0.29, 0.717) is 29.1 Å². The van der Waals surface area contributed by atoms with E-state index >= 15 is 0 Å². The van der Waals surface area contributed by atoms with Gasteiger partial charge in [0.15, 0.2) is 6.61 Å². The van der Waals surface area contributed by atoms with Crippen LogP contribution >= 0.6 is 15.9 Å². The van der Waals surface area contributed by atoms with Crippen LogP contribution < -0.4 is 20.8 Å². The average Bonchev–Trinajstić information content (AvgIpc) is 2.84. The average molecular weight is 523 g/mol. The van der Waals surface area contributed by atoms with Gasteiger partial charge in [-0.2, -0.15) is 5.10 Å². The molecule has 34 heavy (non-hydrogen) atoms. The molecule has 174 valence electrons. The number of benzene rings is 3. The monoisotopic (exact) mass is 522 g/mol. The third-order valence-corrected chi connectivity index (χ3v) is 5.10. The Hall–Kier alpha value is -3.98. The number of ether oxygens (including phenoxy) is 1. The molecule has 0 heterocycles. The number of para-hydroxylation sites is 2. The fourth-order valence-electron chi connectivity index (χ4n) is 2.95. The smallest absolute Gasteiger partial charge is 0.329 e. The van der Waals surface area contributed by atoms with Crippen LogP contribution in [0.3, 0.4) is 0 Å². The van der Waals surface area contributed by atoms with Crippen molar-refractivity contribution in [3.8, 4) is 5.75 Å². The van der Waals surface area contributed by atoms with Crippen LogP contribution in [0, 0.1) is 0 Å². The molecule has 0 saturated heterocycles. The van der Waals surface area contributed by atoms with Gasteiger partial charge in [0.25, 0.3) is 5.91 Å². The van der Waals surface area contributed by atoms with Crippen LogP contribution in [0.5, 0.6) is 5.75 Å². The summed E-state index contributed by atoms with van der Waals surface area (Å²) in [5, 5.41) is 9.17. The van der Waals surface area contributed by atoms with Crippen LogP contribution in [0.15, 0.2) is 82.4 Å². The molecular weight excluding hydrogens is 500 g/mol. The van der Waals surface area contributed by atoms with Gasteiger partial charge < -0.3 is 15.4 Å². The highest BCUT2D eigenvalue weighted by Crippen LogP contribution is 2.22. The Kier molecular flexibility index (Phi) is 8.93. The molecule has 3 aromatic carbocycles. The van der Waals surface area contributed by atoms with Gasteiger partial charge in [0.05, 0.1) is 6.21 Å². The second kappa shape index (κ2) is 12.3. The third kappa shape index (κ3) is 7.28. The molecule has 0 aliphatic heterocycles. The predicted octanol–water partition coefficient (Wildman–Crippen LogP) is 4.12. The first-order valence-corrected chi connectivity index (χ1v) is 11.2. The van der Waals surface area contributed by atoms with Gasteiger partial charge in [-0.3, -0.25) is 14.4 Å². The van der Waals surface area contributed by atoms with Gasteiger partial charge in [-0.15, -0.1) is 0 Å². The molecule has 9 heteroatoms. The first kappa shape index (κ1) is 24.7. The summed E-state index contributed by atoms with van der Waals surface area (Å²) < 4.78 is 6.37. The van der Waals surface area contributed by atoms with Crippen LogP contribution in [-0.4, -0.2) is 30.5 Å². The molecule has 0 aromatic heterocycles. The van der Waals surface area contributed by atoms with Crippen molar-refractivity contribution in [2.45, 2.75) is 13.3 Å². The van der Waals surface area contributed by atoms with Crippen molar-refractivity contribution in [3.63, 3.8) is 0 Å². The van der Waals surface area contributed by atoms with Crippen molar-refractivity contribution >= 4 is 51.2 Å². The van der Waals surface area contributed by atoms with Crippen LogP contribution in [0.2, 0.25) is 0 Å². The number of hydrogen-bond acceptors (Lipinski definition) is 5. The fourth-order valence-corrected chi connectivity index (χ4v) is 3.33. The summed E-state index contributed by atoms with van der Waals surface area (Å²) in [5.74, 6) is -1.69. The molecule has 0 atom stereocenters. The maximum atomic E-state index is 12.2. The molecule has 8 nitrogen and oxygen atoms in total. The highest BCUT2D eigenvalue weighted by atomic mass is 79.9. The maximum absolute atomic E-state index is 12.2. The predicted molar refractivity (Wildman–Crippen MR) is 135 cm³/mol. The number of amides is 3. The highest BCUT2D eigenvalue weighted by molar-refractivity contribution is 9.10. The lowest BCUT2D eigenvalue weighted by atomic mass is 10.1. The van der Waals surface area contributed by atoms with Gasteiger partial charge in [0.1, 0.15) is 5.75 Å². The highest BCUT2D eigenvalue weighted by Gasteiger charge is 2.14. The van der Waals surface area contributed by atoms with Gasteiger partial charge in [-0.05, 0) is 48.4 Å². The molecule has 0 radical (unpaired) electrons. The minimum absolute atomic E-state index is 0.219. The second-order valence-corrected chi connectivity index (χ2v) is 7.96. The molecule has 0 saturated carbocycles. The second-order valence-electron chi connectivity index (χ2n) is 7.05. The minimum atomic E-state index is -0.915.